The van der Waals surface area contributed by atoms with E-state index in [1.54, 1.807) is 0 Å². The quantitative estimate of drug-likeness (QED) is 0.0233. The molecule has 12 heteroatoms. The summed E-state index contributed by atoms with van der Waals surface area (Å²) in [4.78, 5) is 45.8. The summed E-state index contributed by atoms with van der Waals surface area (Å²) in [5.74, 6) is -2.47. The molecule has 0 aromatic carbocycles. The number of carbonyl (C=O) groups is 3. The van der Waals surface area contributed by atoms with Crippen LogP contribution in [0.1, 0.15) is 168 Å². The van der Waals surface area contributed by atoms with Gasteiger partial charge in [-0.15, -0.1) is 0 Å². The number of phosphoric acid groups is 1. The second-order valence-corrected chi connectivity index (χ2v) is 15.6. The molecule has 0 amide bonds. The Bertz CT molecular complexity index is 1180. The Labute approximate surface area is 338 Å². The number of hydrogen-bond donors (Lipinski definition) is 3. The number of aliphatic carboxylic acids is 1. The van der Waals surface area contributed by atoms with E-state index in [-0.39, 0.29) is 19.4 Å². The van der Waals surface area contributed by atoms with Gasteiger partial charge in [0.25, 0.3) is 0 Å². The number of esters is 2. The summed E-state index contributed by atoms with van der Waals surface area (Å²) in [5, 5.41) is 8.87. The molecular weight excluding hydrogens is 733 g/mol. The van der Waals surface area contributed by atoms with Gasteiger partial charge in [-0.1, -0.05) is 145 Å². The molecule has 322 valence electrons. The fourth-order valence-electron chi connectivity index (χ4n) is 5.33. The number of rotatable bonds is 39. The summed E-state index contributed by atoms with van der Waals surface area (Å²) in [6.07, 6.45) is 44.5. The van der Waals surface area contributed by atoms with E-state index in [0.717, 1.165) is 57.8 Å². The largest absolute Gasteiger partial charge is 0.480 e. The van der Waals surface area contributed by atoms with E-state index in [1.165, 1.54) is 64.2 Å². The average Bonchev–Trinajstić information content (AvgIpc) is 3.17. The number of phosphoric ester groups is 1. The number of carbonyl (C=O) groups excluding carboxylic acids is 2. The molecular formula is C44H76NO10P. The highest BCUT2D eigenvalue weighted by molar-refractivity contribution is 7.47. The Morgan fingerprint density at radius 1 is 0.554 bits per heavy atom. The Kier molecular flexibility index (Phi) is 37.1. The second-order valence-electron chi connectivity index (χ2n) is 14.1. The first-order valence-electron chi connectivity index (χ1n) is 21.3. The van der Waals surface area contributed by atoms with E-state index in [4.69, 9.17) is 24.8 Å². The van der Waals surface area contributed by atoms with Gasteiger partial charge in [0, 0.05) is 12.8 Å². The highest BCUT2D eigenvalue weighted by Gasteiger charge is 2.28. The molecule has 0 aliphatic carbocycles. The number of allylic oxidation sites excluding steroid dienone is 10. The number of ether oxygens (including phenoxy) is 2. The van der Waals surface area contributed by atoms with E-state index in [9.17, 15) is 23.8 Å². The van der Waals surface area contributed by atoms with Crippen LogP contribution >= 0.6 is 7.82 Å². The van der Waals surface area contributed by atoms with Gasteiger partial charge in [-0.2, -0.15) is 0 Å². The van der Waals surface area contributed by atoms with Gasteiger partial charge in [-0.25, -0.2) is 4.57 Å². The van der Waals surface area contributed by atoms with Gasteiger partial charge in [0.1, 0.15) is 12.6 Å². The molecule has 0 rings (SSSR count). The lowest BCUT2D eigenvalue weighted by atomic mass is 10.1. The van der Waals surface area contributed by atoms with Gasteiger partial charge in [-0.3, -0.25) is 23.4 Å². The van der Waals surface area contributed by atoms with Gasteiger partial charge >= 0.3 is 25.7 Å². The third-order valence-electron chi connectivity index (χ3n) is 8.74. The maximum atomic E-state index is 12.6. The lowest BCUT2D eigenvalue weighted by Crippen LogP contribution is -2.34. The number of unbranched alkanes of at least 4 members (excludes halogenated alkanes) is 15. The lowest BCUT2D eigenvalue weighted by molar-refractivity contribution is -0.161. The van der Waals surface area contributed by atoms with Crippen molar-refractivity contribution >= 4 is 25.7 Å². The summed E-state index contributed by atoms with van der Waals surface area (Å²) in [6, 6.07) is -1.53. The molecule has 0 saturated heterocycles. The zero-order valence-electron chi connectivity index (χ0n) is 34.7. The summed E-state index contributed by atoms with van der Waals surface area (Å²) in [5.41, 5.74) is 5.32. The van der Waals surface area contributed by atoms with Gasteiger partial charge in [0.2, 0.25) is 0 Å². The van der Waals surface area contributed by atoms with Crippen LogP contribution in [0.3, 0.4) is 0 Å². The first-order chi connectivity index (χ1) is 27.1. The van der Waals surface area contributed by atoms with Gasteiger partial charge in [0.05, 0.1) is 13.2 Å². The SMILES string of the molecule is CCCC/C=C/CCCCCCCC(=O)OC[C@@H](COP(=O)(O)OC[C@H](N)C(=O)O)OC(=O)CCC/C=C/C/C=C/C/C=C/C/C=C/CCCCCCCCC. The predicted octanol–water partition coefficient (Wildman–Crippen LogP) is 11.2. The molecule has 0 bridgehead atoms. The number of nitrogens with two attached hydrogens (primary N) is 1. The van der Waals surface area contributed by atoms with Crippen LogP contribution in [0.4, 0.5) is 0 Å². The van der Waals surface area contributed by atoms with Crippen molar-refractivity contribution in [3.8, 4) is 0 Å². The molecule has 0 radical (unpaired) electrons. The van der Waals surface area contributed by atoms with E-state index in [2.05, 4.69) is 67.0 Å². The molecule has 3 atom stereocenters. The van der Waals surface area contributed by atoms with Gasteiger partial charge < -0.3 is 25.2 Å². The summed E-state index contributed by atoms with van der Waals surface area (Å²) >= 11 is 0. The third kappa shape index (κ3) is 38.1. The summed E-state index contributed by atoms with van der Waals surface area (Å²) < 4.78 is 32.5. The van der Waals surface area contributed by atoms with Crippen LogP contribution in [-0.2, 0) is 37.5 Å². The van der Waals surface area contributed by atoms with Crippen molar-refractivity contribution in [3.05, 3.63) is 60.8 Å². The molecule has 0 aromatic heterocycles. The Hall–Kier alpha value is -2.82. The Morgan fingerprint density at radius 2 is 0.982 bits per heavy atom. The Morgan fingerprint density at radius 3 is 1.54 bits per heavy atom. The number of hydrogen-bond acceptors (Lipinski definition) is 9. The zero-order valence-corrected chi connectivity index (χ0v) is 35.6. The Balaban J connectivity index is 4.47. The zero-order chi connectivity index (χ0) is 41.4. The molecule has 1 unspecified atom stereocenters. The van der Waals surface area contributed by atoms with Gasteiger partial charge in [0.15, 0.2) is 6.10 Å². The first kappa shape index (κ1) is 53.2. The third-order valence-corrected chi connectivity index (χ3v) is 9.69. The van der Waals surface area contributed by atoms with E-state index < -0.39 is 51.1 Å². The molecule has 0 heterocycles. The summed E-state index contributed by atoms with van der Waals surface area (Å²) in [7, 11) is -4.73. The van der Waals surface area contributed by atoms with Crippen molar-refractivity contribution in [2.75, 3.05) is 19.8 Å². The molecule has 4 N–H and O–H groups in total. The standard InChI is InChI=1S/C44H76NO10P/c1-3-5-7-9-11-13-15-16-17-18-19-20-21-22-23-24-26-28-30-32-34-36-43(47)55-40(38-53-56(50,51)54-39-41(45)44(48)49)37-52-42(46)35-33-31-29-27-25-14-12-10-8-6-4-2/h10,12,17-18,20-21,23-24,28,30,40-41H,3-9,11,13-16,19,22,25-27,29,31-39,45H2,1-2H3,(H,48,49)(H,50,51)/b12-10+,18-17+,21-20+,24-23+,30-28+/t40-,41-/m0/s1. The molecule has 0 fully saturated rings. The molecule has 0 aromatic rings. The van der Waals surface area contributed by atoms with E-state index in [0.29, 0.717) is 19.3 Å². The van der Waals surface area contributed by atoms with E-state index in [1.807, 2.05) is 12.2 Å². The molecule has 56 heavy (non-hydrogen) atoms. The minimum Gasteiger partial charge on any atom is -0.480 e. The maximum absolute atomic E-state index is 12.6. The fraction of sp³-hybridized carbons (Fsp3) is 0.705. The van der Waals surface area contributed by atoms with Gasteiger partial charge in [-0.05, 0) is 70.6 Å². The molecule has 0 aliphatic rings. The van der Waals surface area contributed by atoms with Crippen molar-refractivity contribution < 1.29 is 47.5 Å². The minimum absolute atomic E-state index is 0.0815. The summed E-state index contributed by atoms with van der Waals surface area (Å²) in [6.45, 7) is 2.68. The topological polar surface area (TPSA) is 172 Å². The molecule has 0 spiro atoms. The van der Waals surface area contributed by atoms with Crippen molar-refractivity contribution in [2.45, 2.75) is 180 Å². The minimum atomic E-state index is -4.73. The monoisotopic (exact) mass is 810 g/mol. The number of carboxylic acid groups (broad SMARTS) is 1. The van der Waals surface area contributed by atoms with Crippen LogP contribution in [0.25, 0.3) is 0 Å². The smallest absolute Gasteiger partial charge is 0.472 e. The highest BCUT2D eigenvalue weighted by Crippen LogP contribution is 2.43. The molecule has 0 aliphatic heterocycles. The van der Waals surface area contributed by atoms with Crippen LogP contribution in [-0.4, -0.2) is 59.9 Å². The molecule has 11 nitrogen and oxygen atoms in total. The van der Waals surface area contributed by atoms with Crippen molar-refractivity contribution in [1.82, 2.24) is 0 Å². The van der Waals surface area contributed by atoms with Crippen LogP contribution in [0.5, 0.6) is 0 Å². The average molecular weight is 810 g/mol. The van der Waals surface area contributed by atoms with Crippen LogP contribution in [0.2, 0.25) is 0 Å². The number of carboxylic acids is 1. The normalized spacial score (nSPS) is 14.4. The van der Waals surface area contributed by atoms with Crippen molar-refractivity contribution in [3.63, 3.8) is 0 Å². The maximum Gasteiger partial charge on any atom is 0.472 e. The van der Waals surface area contributed by atoms with Crippen molar-refractivity contribution in [2.24, 2.45) is 5.73 Å². The predicted molar refractivity (Wildman–Crippen MR) is 226 cm³/mol. The fourth-order valence-corrected chi connectivity index (χ4v) is 6.11. The van der Waals surface area contributed by atoms with Crippen LogP contribution in [0.15, 0.2) is 60.8 Å². The second kappa shape index (κ2) is 39.0. The first-order valence-corrected chi connectivity index (χ1v) is 22.8. The lowest BCUT2D eigenvalue weighted by Gasteiger charge is -2.20. The highest BCUT2D eigenvalue weighted by atomic mass is 31.2. The van der Waals surface area contributed by atoms with Crippen LogP contribution < -0.4 is 5.73 Å². The van der Waals surface area contributed by atoms with Crippen molar-refractivity contribution in [1.29, 1.82) is 0 Å². The molecule has 0 saturated carbocycles. The van der Waals surface area contributed by atoms with Crippen LogP contribution in [0, 0.1) is 0 Å². The van der Waals surface area contributed by atoms with E-state index >= 15 is 0 Å².